The number of rotatable bonds is 9. The molecule has 0 bridgehead atoms. The number of nitrogens with one attached hydrogen (secondary N) is 1. The van der Waals surface area contributed by atoms with Crippen molar-refractivity contribution in [2.45, 2.75) is 19.0 Å². The molecule has 2 aromatic carbocycles. The van der Waals surface area contributed by atoms with E-state index in [4.69, 9.17) is 14.5 Å². The largest absolute Gasteiger partial charge is 0.494 e. The lowest BCUT2D eigenvalue weighted by atomic mass is 10.3. The normalized spacial score (nSPS) is 11.2. The van der Waals surface area contributed by atoms with E-state index >= 15 is 0 Å². The Balaban J connectivity index is 1.76. The molecule has 0 saturated heterocycles. The lowest BCUT2D eigenvalue weighted by Gasteiger charge is -2.11. The Bertz CT molecular complexity index is 900. The predicted octanol–water partition coefficient (Wildman–Crippen LogP) is 5.21. The summed E-state index contributed by atoms with van der Waals surface area (Å²) >= 11 is 1.52. The topological polar surface area (TPSA) is 68.6 Å². The quantitative estimate of drug-likeness (QED) is 0.227. The Kier molecular flexibility index (Phi) is 7.89. The van der Waals surface area contributed by atoms with Gasteiger partial charge in [0.25, 0.3) is 0 Å². The van der Waals surface area contributed by atoms with Gasteiger partial charge in [0.15, 0.2) is 5.16 Å². The second kappa shape index (κ2) is 11.1. The molecule has 6 nitrogen and oxygen atoms in total. The first-order valence-electron chi connectivity index (χ1n) is 9.47. The first-order chi connectivity index (χ1) is 14.3. The monoisotopic (exact) mass is 408 g/mol. The van der Waals surface area contributed by atoms with Gasteiger partial charge in [-0.3, -0.25) is 0 Å². The molecule has 0 spiro atoms. The summed E-state index contributed by atoms with van der Waals surface area (Å²) in [5.74, 6) is 3.08. The summed E-state index contributed by atoms with van der Waals surface area (Å²) in [6.07, 6.45) is 3.47. The van der Waals surface area contributed by atoms with Crippen molar-refractivity contribution in [1.29, 1.82) is 0 Å². The molecule has 0 aliphatic rings. The van der Waals surface area contributed by atoms with Crippen LogP contribution in [0.5, 0.6) is 11.5 Å². The highest BCUT2D eigenvalue weighted by Crippen LogP contribution is 2.21. The number of aromatic nitrogens is 2. The Labute approximate surface area is 175 Å². The third-order valence-corrected chi connectivity index (χ3v) is 4.63. The van der Waals surface area contributed by atoms with Gasteiger partial charge < -0.3 is 14.8 Å². The van der Waals surface area contributed by atoms with E-state index in [1.54, 1.807) is 18.5 Å². The van der Waals surface area contributed by atoms with Gasteiger partial charge in [0, 0.05) is 18.1 Å². The third kappa shape index (κ3) is 6.80. The molecule has 0 aliphatic carbocycles. The van der Waals surface area contributed by atoms with Crippen LogP contribution in [-0.2, 0) is 0 Å². The van der Waals surface area contributed by atoms with E-state index in [1.165, 1.54) is 11.8 Å². The summed E-state index contributed by atoms with van der Waals surface area (Å²) in [6, 6.07) is 17.3. The molecule has 3 rings (SSSR count). The molecule has 0 saturated carbocycles. The van der Waals surface area contributed by atoms with Crippen LogP contribution in [0, 0.1) is 0 Å². The van der Waals surface area contributed by atoms with Crippen LogP contribution in [0.2, 0.25) is 0 Å². The number of anilines is 1. The molecule has 0 unspecified atom stereocenters. The van der Waals surface area contributed by atoms with Crippen molar-refractivity contribution in [2.24, 2.45) is 4.99 Å². The number of benzene rings is 2. The molecule has 29 heavy (non-hydrogen) atoms. The molecule has 1 heterocycles. The highest BCUT2D eigenvalue weighted by Gasteiger charge is 2.06. The second-order valence-corrected chi connectivity index (χ2v) is 6.83. The lowest BCUT2D eigenvalue weighted by molar-refractivity contribution is 0.340. The Morgan fingerprint density at radius 3 is 2.07 bits per heavy atom. The fourth-order valence-corrected chi connectivity index (χ4v) is 3.17. The maximum atomic E-state index is 5.51. The van der Waals surface area contributed by atoms with Crippen LogP contribution in [0.1, 0.15) is 13.8 Å². The number of nitrogens with zero attached hydrogens (tertiary/aromatic N) is 3. The number of amidine groups is 1. The van der Waals surface area contributed by atoms with E-state index in [0.717, 1.165) is 28.7 Å². The van der Waals surface area contributed by atoms with Gasteiger partial charge in [0.2, 0.25) is 0 Å². The van der Waals surface area contributed by atoms with Crippen molar-refractivity contribution in [3.63, 3.8) is 0 Å². The van der Waals surface area contributed by atoms with Crippen LogP contribution in [0.3, 0.4) is 0 Å². The molecule has 0 aliphatic heterocycles. The standard InChI is InChI=1S/C22H24N4O2S/c1-3-27-19-10-6-17(7-11-19)25-21(16-29-22-23-14-5-15-24-22)26-18-8-12-20(13-9-18)28-4-2/h5-15H,3-4,16H2,1-2H3,(H,25,26). The number of hydrogen-bond acceptors (Lipinski definition) is 6. The SMILES string of the molecule is CCOc1ccc(N=C(CSc2ncccn2)Nc2ccc(OCC)cc2)cc1. The van der Waals surface area contributed by atoms with Crippen molar-refractivity contribution in [1.82, 2.24) is 9.97 Å². The van der Waals surface area contributed by atoms with E-state index in [9.17, 15) is 0 Å². The minimum atomic E-state index is 0.602. The third-order valence-electron chi connectivity index (χ3n) is 3.75. The summed E-state index contributed by atoms with van der Waals surface area (Å²) in [6.45, 7) is 5.22. The van der Waals surface area contributed by atoms with Crippen LogP contribution >= 0.6 is 11.8 Å². The molecular formula is C22H24N4O2S. The molecule has 0 radical (unpaired) electrons. The van der Waals surface area contributed by atoms with Gasteiger partial charge >= 0.3 is 0 Å². The predicted molar refractivity (Wildman–Crippen MR) is 119 cm³/mol. The summed E-state index contributed by atoms with van der Waals surface area (Å²) in [5, 5.41) is 4.10. The van der Waals surface area contributed by atoms with E-state index in [1.807, 2.05) is 62.4 Å². The van der Waals surface area contributed by atoms with Gasteiger partial charge in [-0.15, -0.1) is 0 Å². The van der Waals surface area contributed by atoms with Crippen LogP contribution in [0.15, 0.2) is 77.1 Å². The fraction of sp³-hybridized carbons (Fsp3) is 0.227. The van der Waals surface area contributed by atoms with Crippen molar-refractivity contribution in [3.8, 4) is 11.5 Å². The molecule has 7 heteroatoms. The molecule has 1 aromatic heterocycles. The summed E-state index contributed by atoms with van der Waals surface area (Å²) in [4.78, 5) is 13.3. The highest BCUT2D eigenvalue weighted by atomic mass is 32.2. The maximum Gasteiger partial charge on any atom is 0.187 e. The first-order valence-corrected chi connectivity index (χ1v) is 10.5. The van der Waals surface area contributed by atoms with E-state index in [2.05, 4.69) is 15.3 Å². The zero-order valence-electron chi connectivity index (χ0n) is 16.5. The van der Waals surface area contributed by atoms with Gasteiger partial charge in [0.1, 0.15) is 17.3 Å². The van der Waals surface area contributed by atoms with E-state index in [-0.39, 0.29) is 0 Å². The van der Waals surface area contributed by atoms with Gasteiger partial charge in [-0.2, -0.15) is 0 Å². The summed E-state index contributed by atoms with van der Waals surface area (Å²) < 4.78 is 11.0. The number of hydrogen-bond donors (Lipinski definition) is 1. The Hall–Kier alpha value is -3.06. The fourth-order valence-electron chi connectivity index (χ4n) is 2.50. The van der Waals surface area contributed by atoms with Crippen LogP contribution in [0.4, 0.5) is 11.4 Å². The average molecular weight is 409 g/mol. The summed E-state index contributed by atoms with van der Waals surface area (Å²) in [5.41, 5.74) is 1.78. The number of ether oxygens (including phenoxy) is 2. The Morgan fingerprint density at radius 1 is 0.897 bits per heavy atom. The van der Waals surface area contributed by atoms with E-state index < -0.39 is 0 Å². The summed E-state index contributed by atoms with van der Waals surface area (Å²) in [7, 11) is 0. The molecule has 3 aromatic rings. The van der Waals surface area contributed by atoms with Gasteiger partial charge in [-0.25, -0.2) is 15.0 Å². The van der Waals surface area contributed by atoms with E-state index in [0.29, 0.717) is 24.1 Å². The number of thioether (sulfide) groups is 1. The molecule has 0 atom stereocenters. The van der Waals surface area contributed by atoms with Gasteiger partial charge in [-0.1, -0.05) is 11.8 Å². The Morgan fingerprint density at radius 2 is 1.48 bits per heavy atom. The van der Waals surface area contributed by atoms with Crippen molar-refractivity contribution in [2.75, 3.05) is 24.3 Å². The minimum Gasteiger partial charge on any atom is -0.494 e. The highest BCUT2D eigenvalue weighted by molar-refractivity contribution is 7.99. The first kappa shape index (κ1) is 20.7. The molecule has 0 fully saturated rings. The van der Waals surface area contributed by atoms with Crippen molar-refractivity contribution in [3.05, 3.63) is 67.0 Å². The van der Waals surface area contributed by atoms with Gasteiger partial charge in [0.05, 0.1) is 24.7 Å². The van der Waals surface area contributed by atoms with Crippen LogP contribution in [0.25, 0.3) is 0 Å². The molecule has 1 N–H and O–H groups in total. The number of aliphatic imine (C=N–C) groups is 1. The van der Waals surface area contributed by atoms with Crippen LogP contribution in [-0.4, -0.2) is 34.8 Å². The van der Waals surface area contributed by atoms with Crippen LogP contribution < -0.4 is 14.8 Å². The second-order valence-electron chi connectivity index (χ2n) is 5.89. The van der Waals surface area contributed by atoms with Gasteiger partial charge in [-0.05, 0) is 68.4 Å². The minimum absolute atomic E-state index is 0.602. The zero-order valence-corrected chi connectivity index (χ0v) is 17.4. The average Bonchev–Trinajstić information content (AvgIpc) is 2.76. The van der Waals surface area contributed by atoms with Crippen molar-refractivity contribution < 1.29 is 9.47 Å². The molecule has 0 amide bonds. The van der Waals surface area contributed by atoms with Crippen molar-refractivity contribution >= 4 is 29.0 Å². The zero-order chi connectivity index (χ0) is 20.3. The molecular weight excluding hydrogens is 384 g/mol. The lowest BCUT2D eigenvalue weighted by Crippen LogP contribution is -2.15. The maximum absolute atomic E-state index is 5.51. The smallest absolute Gasteiger partial charge is 0.187 e. The molecule has 150 valence electrons.